The van der Waals surface area contributed by atoms with Crippen LogP contribution in [0, 0.1) is 6.92 Å². The minimum atomic E-state index is -1.32. The van der Waals surface area contributed by atoms with Crippen molar-refractivity contribution >= 4 is 36.5 Å². The molecule has 0 atom stereocenters. The predicted molar refractivity (Wildman–Crippen MR) is 220 cm³/mol. The van der Waals surface area contributed by atoms with Crippen molar-refractivity contribution in [1.29, 1.82) is 0 Å². The second-order valence-electron chi connectivity index (χ2n) is 15.4. The van der Waals surface area contributed by atoms with Crippen molar-refractivity contribution in [3.63, 3.8) is 0 Å². The van der Waals surface area contributed by atoms with E-state index in [-0.39, 0.29) is 24.8 Å². The van der Waals surface area contributed by atoms with Crippen LogP contribution in [0.2, 0.25) is 25.7 Å². The van der Waals surface area contributed by atoms with Gasteiger partial charge in [0, 0.05) is 50.7 Å². The second-order valence-corrected chi connectivity index (χ2v) is 21.0. The number of amides is 1. The number of ether oxygens (including phenoxy) is 2. The lowest BCUT2D eigenvalue weighted by Crippen LogP contribution is -2.50. The first-order valence-corrected chi connectivity index (χ1v) is 22.5. The van der Waals surface area contributed by atoms with Crippen LogP contribution in [0.25, 0.3) is 22.2 Å². The Labute approximate surface area is 319 Å². The van der Waals surface area contributed by atoms with Gasteiger partial charge in [-0.05, 0) is 55.1 Å². The summed E-state index contributed by atoms with van der Waals surface area (Å²) in [6.07, 6.45) is 3.57. The summed E-state index contributed by atoms with van der Waals surface area (Å²) in [5, 5.41) is 0. The van der Waals surface area contributed by atoms with Gasteiger partial charge >= 0.3 is 0 Å². The van der Waals surface area contributed by atoms with E-state index in [4.69, 9.17) is 24.4 Å². The van der Waals surface area contributed by atoms with Gasteiger partial charge < -0.3 is 18.9 Å². The standard InChI is InChI=1S/C45H49N5O3Si/c1-32-25-41-40(47-44(32)48-43(34-17-11-7-12-18-34)35-19-13-8-14-20-35)28-42(50(41)31-53-23-24-54(3,4)5)45(51)49(38-26-39(27-38)52-2)30-37-22-21-36(29-46-37)33-15-9-6-10-16-33/h6-22,25,28-29,38-39H,23-24,26-27,30-31H2,1-5H3. The maximum atomic E-state index is 14.9. The fourth-order valence-corrected chi connectivity index (χ4v) is 7.57. The topological polar surface area (TPSA) is 81.8 Å². The van der Waals surface area contributed by atoms with Crippen molar-refractivity contribution in [2.24, 2.45) is 4.99 Å². The number of hydrogen-bond acceptors (Lipinski definition) is 6. The molecular weight excluding hydrogens is 687 g/mol. The Kier molecular flexibility index (Phi) is 11.3. The monoisotopic (exact) mass is 735 g/mol. The number of carbonyl (C=O) groups is 1. The average molecular weight is 736 g/mol. The number of rotatable bonds is 14. The van der Waals surface area contributed by atoms with E-state index < -0.39 is 8.07 Å². The summed E-state index contributed by atoms with van der Waals surface area (Å²) in [7, 11) is 0.416. The minimum absolute atomic E-state index is 0.0199. The minimum Gasteiger partial charge on any atom is -0.381 e. The molecule has 6 aromatic rings. The van der Waals surface area contributed by atoms with E-state index in [9.17, 15) is 4.79 Å². The second kappa shape index (κ2) is 16.4. The molecule has 0 saturated heterocycles. The van der Waals surface area contributed by atoms with Crippen molar-refractivity contribution in [2.75, 3.05) is 13.7 Å². The third-order valence-corrected chi connectivity index (χ3v) is 11.9. The quantitative estimate of drug-likeness (QED) is 0.0632. The number of nitrogens with zero attached hydrogens (tertiary/aromatic N) is 5. The normalized spacial score (nSPS) is 15.5. The molecule has 3 aromatic carbocycles. The largest absolute Gasteiger partial charge is 0.381 e. The molecule has 1 fully saturated rings. The molecule has 0 aliphatic heterocycles. The highest BCUT2D eigenvalue weighted by molar-refractivity contribution is 6.76. The summed E-state index contributed by atoms with van der Waals surface area (Å²) >= 11 is 0. The molecule has 9 heteroatoms. The van der Waals surface area contributed by atoms with Crippen LogP contribution in [-0.4, -0.2) is 65.0 Å². The molecule has 1 saturated carbocycles. The highest BCUT2D eigenvalue weighted by Crippen LogP contribution is 2.33. The number of benzene rings is 3. The molecular formula is C45H49N5O3Si. The molecule has 1 amide bonds. The lowest BCUT2D eigenvalue weighted by molar-refractivity contribution is -0.0238. The molecule has 276 valence electrons. The van der Waals surface area contributed by atoms with E-state index >= 15 is 0 Å². The Balaban J connectivity index is 1.27. The van der Waals surface area contributed by atoms with Crippen LogP contribution in [-0.2, 0) is 22.7 Å². The van der Waals surface area contributed by atoms with Crippen LogP contribution < -0.4 is 0 Å². The van der Waals surface area contributed by atoms with Gasteiger partial charge in [-0.15, -0.1) is 0 Å². The van der Waals surface area contributed by atoms with E-state index in [2.05, 4.69) is 68.2 Å². The smallest absolute Gasteiger partial charge is 0.271 e. The van der Waals surface area contributed by atoms with Gasteiger partial charge in [0.05, 0.1) is 35.1 Å². The first-order valence-electron chi connectivity index (χ1n) is 18.8. The van der Waals surface area contributed by atoms with Crippen LogP contribution in [0.15, 0.2) is 126 Å². The van der Waals surface area contributed by atoms with Gasteiger partial charge in [0.25, 0.3) is 5.91 Å². The number of carbonyl (C=O) groups excluding carboxylic acids is 1. The van der Waals surface area contributed by atoms with Gasteiger partial charge in [0.1, 0.15) is 12.4 Å². The number of methoxy groups -OCH3 is 1. The predicted octanol–water partition coefficient (Wildman–Crippen LogP) is 9.71. The van der Waals surface area contributed by atoms with Crippen LogP contribution in [0.5, 0.6) is 0 Å². The van der Waals surface area contributed by atoms with Crippen molar-refractivity contribution in [3.8, 4) is 11.1 Å². The molecule has 3 heterocycles. The fourth-order valence-electron chi connectivity index (χ4n) is 6.81. The molecule has 0 spiro atoms. The molecule has 3 aromatic heterocycles. The van der Waals surface area contributed by atoms with E-state index in [1.807, 2.05) is 89.3 Å². The average Bonchev–Trinajstić information content (AvgIpc) is 3.52. The number of aromatic nitrogens is 3. The van der Waals surface area contributed by atoms with Crippen LogP contribution in [0.3, 0.4) is 0 Å². The number of pyridine rings is 2. The first-order chi connectivity index (χ1) is 26.2. The zero-order chi connectivity index (χ0) is 37.7. The van der Waals surface area contributed by atoms with Gasteiger partial charge in [0.2, 0.25) is 0 Å². The van der Waals surface area contributed by atoms with Gasteiger partial charge in [-0.1, -0.05) is 117 Å². The first kappa shape index (κ1) is 37.1. The van der Waals surface area contributed by atoms with Gasteiger partial charge in [-0.2, -0.15) is 0 Å². The summed E-state index contributed by atoms with van der Waals surface area (Å²) in [5.41, 5.74) is 8.82. The molecule has 1 aliphatic rings. The Morgan fingerprint density at radius 2 is 1.52 bits per heavy atom. The molecule has 7 rings (SSSR count). The SMILES string of the molecule is COC1CC(N(Cc2ccc(-c3ccccc3)cn2)C(=O)c2cc3nc(N=C(c4ccccc4)c4ccccc4)c(C)cc3n2COCC[Si](C)(C)C)C1. The summed E-state index contributed by atoms with van der Waals surface area (Å²) in [4.78, 5) is 32.0. The maximum absolute atomic E-state index is 14.9. The van der Waals surface area contributed by atoms with Crippen LogP contribution in [0.4, 0.5) is 5.82 Å². The lowest BCUT2D eigenvalue weighted by atomic mass is 9.87. The van der Waals surface area contributed by atoms with Gasteiger partial charge in [-0.25, -0.2) is 9.98 Å². The Morgan fingerprint density at radius 3 is 2.11 bits per heavy atom. The van der Waals surface area contributed by atoms with Gasteiger partial charge in [-0.3, -0.25) is 9.78 Å². The van der Waals surface area contributed by atoms with Crippen molar-refractivity contribution in [1.82, 2.24) is 19.4 Å². The summed E-state index contributed by atoms with van der Waals surface area (Å²) < 4.78 is 14.0. The van der Waals surface area contributed by atoms with Crippen LogP contribution >= 0.6 is 0 Å². The highest BCUT2D eigenvalue weighted by atomic mass is 28.3. The highest BCUT2D eigenvalue weighted by Gasteiger charge is 2.38. The Bertz CT molecular complexity index is 2170. The molecule has 8 nitrogen and oxygen atoms in total. The third kappa shape index (κ3) is 8.60. The van der Waals surface area contributed by atoms with Gasteiger partial charge in [0.15, 0.2) is 5.82 Å². The van der Waals surface area contributed by atoms with Crippen molar-refractivity contribution in [3.05, 3.63) is 150 Å². The maximum Gasteiger partial charge on any atom is 0.271 e. The third-order valence-electron chi connectivity index (χ3n) is 10.2. The van der Waals surface area contributed by atoms with E-state index in [0.717, 1.165) is 63.6 Å². The molecule has 0 bridgehead atoms. The van der Waals surface area contributed by atoms with E-state index in [1.165, 1.54) is 0 Å². The summed E-state index contributed by atoms with van der Waals surface area (Å²) in [6, 6.07) is 39.7. The fraction of sp³-hybridized carbons (Fsp3) is 0.289. The number of aryl methyl sites for hydroxylation is 1. The molecule has 1 aliphatic carbocycles. The Hall–Kier alpha value is -5.22. The van der Waals surface area contributed by atoms with Crippen molar-refractivity contribution < 1.29 is 14.3 Å². The van der Waals surface area contributed by atoms with Crippen molar-refractivity contribution in [2.45, 2.75) is 70.9 Å². The van der Waals surface area contributed by atoms with E-state index in [1.54, 1.807) is 7.11 Å². The molecule has 54 heavy (non-hydrogen) atoms. The summed E-state index contributed by atoms with van der Waals surface area (Å²) in [5.74, 6) is 0.537. The van der Waals surface area contributed by atoms with Crippen LogP contribution in [0.1, 0.15) is 45.7 Å². The van der Waals surface area contributed by atoms with E-state index in [0.29, 0.717) is 30.2 Å². The molecule has 0 N–H and O–H groups in total. The molecule has 0 unspecified atom stereocenters. The number of hydrogen-bond donors (Lipinski definition) is 0. The number of aliphatic imine (C=N–C) groups is 1. The number of fused-ring (bicyclic) bond motifs is 1. The lowest BCUT2D eigenvalue weighted by Gasteiger charge is -2.42. The summed E-state index contributed by atoms with van der Waals surface area (Å²) in [6.45, 7) is 10.3. The molecule has 0 radical (unpaired) electrons. The zero-order valence-electron chi connectivity index (χ0n) is 31.9. The zero-order valence-corrected chi connectivity index (χ0v) is 32.9. The Morgan fingerprint density at radius 1 is 0.870 bits per heavy atom.